The Hall–Kier alpha value is -2.79. The zero-order valence-corrected chi connectivity index (χ0v) is 16.7. The molecule has 0 bridgehead atoms. The average Bonchev–Trinajstić information content (AvgIpc) is 3.04. The molecule has 0 atom stereocenters. The van der Waals surface area contributed by atoms with Crippen LogP contribution in [-0.2, 0) is 17.9 Å². The number of carbonyl (C=O) groups excluding carboxylic acids is 1. The Morgan fingerprint density at radius 3 is 2.71 bits per heavy atom. The summed E-state index contributed by atoms with van der Waals surface area (Å²) in [5, 5.41) is 3.49. The molecule has 1 amide bonds. The van der Waals surface area contributed by atoms with E-state index in [1.54, 1.807) is 6.92 Å². The maximum atomic E-state index is 11.8. The summed E-state index contributed by atoms with van der Waals surface area (Å²) in [5.41, 5.74) is 2.47. The van der Waals surface area contributed by atoms with Crippen molar-refractivity contribution in [1.82, 2.24) is 14.9 Å². The Bertz CT molecular complexity index is 981. The third-order valence-electron chi connectivity index (χ3n) is 4.40. The van der Waals surface area contributed by atoms with Gasteiger partial charge >= 0.3 is 0 Å². The second-order valence-electron chi connectivity index (χ2n) is 6.62. The summed E-state index contributed by atoms with van der Waals surface area (Å²) >= 11 is 6.11. The fourth-order valence-electron chi connectivity index (χ4n) is 2.94. The molecule has 28 heavy (non-hydrogen) atoms. The number of halogens is 1. The zero-order valence-electron chi connectivity index (χ0n) is 16.0. The smallest absolute Gasteiger partial charge is 0.246 e. The number of hydrogen-bond donors (Lipinski definition) is 1. The number of hydrogen-bond acceptors (Lipinski definition) is 3. The topological polar surface area (TPSA) is 56.2 Å². The molecule has 6 heteroatoms. The average molecular weight is 398 g/mol. The van der Waals surface area contributed by atoms with Gasteiger partial charge in [-0.05, 0) is 44.0 Å². The molecule has 1 aromatic heterocycles. The fourth-order valence-corrected chi connectivity index (χ4v) is 3.13. The Balaban J connectivity index is 1.61. The summed E-state index contributed by atoms with van der Waals surface area (Å²) in [6.07, 6.45) is 1.81. The molecule has 0 spiro atoms. The highest BCUT2D eigenvalue weighted by Gasteiger charge is 2.11. The molecule has 0 aliphatic carbocycles. The van der Waals surface area contributed by atoms with E-state index in [-0.39, 0.29) is 5.91 Å². The van der Waals surface area contributed by atoms with Crippen molar-refractivity contribution in [2.24, 2.45) is 0 Å². The predicted molar refractivity (Wildman–Crippen MR) is 113 cm³/mol. The molecule has 0 saturated heterocycles. The third kappa shape index (κ3) is 4.93. The number of nitrogens with zero attached hydrogens (tertiary/aromatic N) is 2. The van der Waals surface area contributed by atoms with Gasteiger partial charge in [0, 0.05) is 12.1 Å². The van der Waals surface area contributed by atoms with Gasteiger partial charge in [0.05, 0.1) is 29.2 Å². The molecule has 0 aliphatic rings. The molecule has 5 nitrogen and oxygen atoms in total. The van der Waals surface area contributed by atoms with Gasteiger partial charge in [0.2, 0.25) is 5.91 Å². The number of carbonyl (C=O) groups is 1. The van der Waals surface area contributed by atoms with Crippen molar-refractivity contribution >= 4 is 28.5 Å². The van der Waals surface area contributed by atoms with Gasteiger partial charge < -0.3 is 14.6 Å². The zero-order chi connectivity index (χ0) is 19.9. The number of aromatic nitrogens is 2. The van der Waals surface area contributed by atoms with Gasteiger partial charge in [-0.25, -0.2) is 4.98 Å². The summed E-state index contributed by atoms with van der Waals surface area (Å²) in [6, 6.07) is 15.5. The van der Waals surface area contributed by atoms with E-state index in [1.165, 1.54) is 0 Å². The van der Waals surface area contributed by atoms with Crippen molar-refractivity contribution in [1.29, 1.82) is 0 Å². The normalized spacial score (nSPS) is 10.8. The number of fused-ring (bicyclic) bond motifs is 1. The van der Waals surface area contributed by atoms with Crippen molar-refractivity contribution in [3.8, 4) is 5.75 Å². The largest absolute Gasteiger partial charge is 0.492 e. The summed E-state index contributed by atoms with van der Waals surface area (Å²) in [6.45, 7) is 7.13. The van der Waals surface area contributed by atoms with Crippen LogP contribution in [-0.4, -0.2) is 22.1 Å². The number of benzene rings is 2. The van der Waals surface area contributed by atoms with E-state index < -0.39 is 0 Å². The highest BCUT2D eigenvalue weighted by atomic mass is 35.5. The fraction of sp³-hybridized carbons (Fsp3) is 0.273. The number of unbranched alkanes of at least 4 members (excludes halogenated alkanes) is 1. The number of para-hydroxylation sites is 3. The molecule has 2 aromatic carbocycles. The molecule has 3 rings (SSSR count). The van der Waals surface area contributed by atoms with Crippen LogP contribution in [0, 0.1) is 0 Å². The molecule has 0 radical (unpaired) electrons. The standard InChI is InChI=1S/C22H24ClN3O2/c1-16(2)22(27)24-15-21-25-18-10-4-5-11-19(18)26(21)13-7-8-14-28-20-12-6-3-9-17(20)23/h3-6,9-12H,1,7-8,13-15H2,2H3,(H,24,27). The lowest BCUT2D eigenvalue weighted by Crippen LogP contribution is -2.25. The Kier molecular flexibility index (Phi) is 6.71. The van der Waals surface area contributed by atoms with Crippen molar-refractivity contribution in [2.75, 3.05) is 6.61 Å². The SMILES string of the molecule is C=C(C)C(=O)NCc1nc2ccccc2n1CCCCOc1ccccc1Cl. The van der Waals surface area contributed by atoms with Crippen LogP contribution in [0.5, 0.6) is 5.75 Å². The second kappa shape index (κ2) is 9.42. The number of rotatable bonds is 9. The van der Waals surface area contributed by atoms with Crippen LogP contribution < -0.4 is 10.1 Å². The van der Waals surface area contributed by atoms with Crippen LogP contribution in [0.1, 0.15) is 25.6 Å². The van der Waals surface area contributed by atoms with E-state index >= 15 is 0 Å². The lowest BCUT2D eigenvalue weighted by atomic mass is 10.3. The van der Waals surface area contributed by atoms with E-state index in [4.69, 9.17) is 16.3 Å². The van der Waals surface area contributed by atoms with Crippen LogP contribution in [0.3, 0.4) is 0 Å². The third-order valence-corrected chi connectivity index (χ3v) is 4.71. The number of aryl methyl sites for hydroxylation is 1. The van der Waals surface area contributed by atoms with Gasteiger partial charge in [-0.2, -0.15) is 0 Å². The molecular weight excluding hydrogens is 374 g/mol. The monoisotopic (exact) mass is 397 g/mol. The minimum Gasteiger partial charge on any atom is -0.492 e. The van der Waals surface area contributed by atoms with Crippen LogP contribution in [0.15, 0.2) is 60.7 Å². The molecule has 0 saturated carbocycles. The quantitative estimate of drug-likeness (QED) is 0.419. The molecule has 1 N–H and O–H groups in total. The number of nitrogens with one attached hydrogen (secondary N) is 1. The van der Waals surface area contributed by atoms with Crippen LogP contribution in [0.25, 0.3) is 11.0 Å². The van der Waals surface area contributed by atoms with E-state index in [1.807, 2.05) is 48.5 Å². The number of ether oxygens (including phenoxy) is 1. The van der Waals surface area contributed by atoms with Crippen molar-refractivity contribution < 1.29 is 9.53 Å². The van der Waals surface area contributed by atoms with Crippen LogP contribution in [0.4, 0.5) is 0 Å². The highest BCUT2D eigenvalue weighted by molar-refractivity contribution is 6.32. The van der Waals surface area contributed by atoms with Crippen molar-refractivity contribution in [2.45, 2.75) is 32.9 Å². The van der Waals surface area contributed by atoms with Crippen molar-refractivity contribution in [3.05, 3.63) is 71.5 Å². The molecule has 0 fully saturated rings. The summed E-state index contributed by atoms with van der Waals surface area (Å²) in [7, 11) is 0. The predicted octanol–water partition coefficient (Wildman–Crippen LogP) is 4.74. The minimum absolute atomic E-state index is 0.160. The lowest BCUT2D eigenvalue weighted by Gasteiger charge is -2.11. The maximum Gasteiger partial charge on any atom is 0.246 e. The Labute approximate surface area is 170 Å². The molecular formula is C22H24ClN3O2. The van der Waals surface area contributed by atoms with E-state index in [0.717, 1.165) is 36.2 Å². The Morgan fingerprint density at radius 1 is 1.18 bits per heavy atom. The van der Waals surface area contributed by atoms with Crippen LogP contribution in [0.2, 0.25) is 5.02 Å². The summed E-state index contributed by atoms with van der Waals surface area (Å²) < 4.78 is 7.91. The first-order valence-corrected chi connectivity index (χ1v) is 9.69. The summed E-state index contributed by atoms with van der Waals surface area (Å²) in [5.74, 6) is 1.38. The van der Waals surface area contributed by atoms with Gasteiger partial charge in [-0.3, -0.25) is 4.79 Å². The number of amides is 1. The molecule has 0 aliphatic heterocycles. The maximum absolute atomic E-state index is 11.8. The van der Waals surface area contributed by atoms with Crippen molar-refractivity contribution in [3.63, 3.8) is 0 Å². The second-order valence-corrected chi connectivity index (χ2v) is 7.02. The van der Waals surface area contributed by atoms with Gasteiger partial charge in [0.25, 0.3) is 0 Å². The Morgan fingerprint density at radius 2 is 1.93 bits per heavy atom. The number of imidazole rings is 1. The van der Waals surface area contributed by atoms with E-state index in [9.17, 15) is 4.79 Å². The van der Waals surface area contributed by atoms with Gasteiger partial charge in [0.1, 0.15) is 11.6 Å². The van der Waals surface area contributed by atoms with E-state index in [2.05, 4.69) is 21.4 Å². The van der Waals surface area contributed by atoms with Gasteiger partial charge in [-0.15, -0.1) is 0 Å². The molecule has 0 unspecified atom stereocenters. The lowest BCUT2D eigenvalue weighted by molar-refractivity contribution is -0.117. The van der Waals surface area contributed by atoms with Gasteiger partial charge in [0.15, 0.2) is 0 Å². The first-order chi connectivity index (χ1) is 13.6. The molecule has 3 aromatic rings. The summed E-state index contributed by atoms with van der Waals surface area (Å²) in [4.78, 5) is 16.5. The first-order valence-electron chi connectivity index (χ1n) is 9.31. The highest BCUT2D eigenvalue weighted by Crippen LogP contribution is 2.23. The molecule has 1 heterocycles. The molecule has 146 valence electrons. The first kappa shape index (κ1) is 20.0. The minimum atomic E-state index is -0.160. The van der Waals surface area contributed by atoms with E-state index in [0.29, 0.717) is 29.5 Å². The van der Waals surface area contributed by atoms with Gasteiger partial charge in [-0.1, -0.05) is 42.4 Å². The van der Waals surface area contributed by atoms with Crippen LogP contribution >= 0.6 is 11.6 Å².